The lowest BCUT2D eigenvalue weighted by atomic mass is 9.72. The van der Waals surface area contributed by atoms with E-state index in [1.54, 1.807) is 0 Å². The van der Waals surface area contributed by atoms with Crippen LogP contribution in [0.1, 0.15) is 12.8 Å². The second-order valence-electron chi connectivity index (χ2n) is 5.36. The number of fused-ring (bicyclic) bond motifs is 2. The third-order valence-electron chi connectivity index (χ3n) is 3.98. The van der Waals surface area contributed by atoms with Crippen molar-refractivity contribution in [1.82, 2.24) is 0 Å². The van der Waals surface area contributed by atoms with Gasteiger partial charge in [0.15, 0.2) is 6.54 Å². The quantitative estimate of drug-likeness (QED) is 0.454. The van der Waals surface area contributed by atoms with Gasteiger partial charge in [0.05, 0.1) is 11.0 Å². The van der Waals surface area contributed by atoms with Crippen LogP contribution in [0.3, 0.4) is 0 Å². The highest BCUT2D eigenvalue weighted by Gasteiger charge is 2.68. The second kappa shape index (κ2) is 4.67. The number of nitro groups is 2. The Hall–Kier alpha value is -1.74. The molecule has 1 heterocycles. The molecule has 1 aliphatic heterocycles. The van der Waals surface area contributed by atoms with Crippen LogP contribution in [0.5, 0.6) is 0 Å². The molecule has 1 saturated heterocycles. The van der Waals surface area contributed by atoms with Gasteiger partial charge in [0.1, 0.15) is 19.5 Å². The highest BCUT2D eigenvalue weighted by Crippen LogP contribution is 2.41. The Labute approximate surface area is 118 Å². The molecule has 0 saturated carbocycles. The van der Waals surface area contributed by atoms with Crippen LogP contribution < -0.4 is 10.0 Å². The highest BCUT2D eigenvalue weighted by atomic mass is 35.5. The Morgan fingerprint density at radius 3 is 2.50 bits per heavy atom. The Bertz CT molecular complexity index is 523. The Kier molecular flexibility index (Phi) is 3.42. The molecule has 2 rings (SSSR count). The summed E-state index contributed by atoms with van der Waals surface area (Å²) in [6.45, 7) is -0.807. The van der Waals surface area contributed by atoms with Crippen molar-refractivity contribution in [1.29, 1.82) is 0 Å². The Morgan fingerprint density at radius 1 is 1.35 bits per heavy atom. The standard InChI is InChI=1S/C10H12ClN3O6/c11-7-1-2-9(13(17)18)4-10(7,14(19)20)6-12(5-9)3-8(15)16/h1H,2-6H2,(H,15,16)/t9-,10-/m1/s1. The largest absolute Gasteiger partial charge is 0.544 e. The summed E-state index contributed by atoms with van der Waals surface area (Å²) in [5.74, 6) is -1.41. The number of carbonyl (C=O) groups excluding carboxylic acids is 1. The number of carboxylic acids is 1. The van der Waals surface area contributed by atoms with Crippen molar-refractivity contribution >= 4 is 17.6 Å². The molecule has 1 N–H and O–H groups in total. The SMILES string of the molecule is O=C([O-])C[NH+]1C[C@@]2([N+](=O)[O-])CC=C(Cl)[C@]([N+](=O)[O-])(C1)C2. The summed E-state index contributed by atoms with van der Waals surface area (Å²) in [5, 5.41) is 33.3. The zero-order valence-corrected chi connectivity index (χ0v) is 11.1. The van der Waals surface area contributed by atoms with Crippen LogP contribution in [-0.2, 0) is 4.79 Å². The number of hydrogen-bond donors (Lipinski definition) is 1. The van der Waals surface area contributed by atoms with Gasteiger partial charge in [-0.2, -0.15) is 0 Å². The number of nitrogens with zero attached hydrogens (tertiary/aromatic N) is 2. The molecule has 1 unspecified atom stereocenters. The summed E-state index contributed by atoms with van der Waals surface area (Å²) in [5.41, 5.74) is -3.33. The van der Waals surface area contributed by atoms with Crippen molar-refractivity contribution in [2.45, 2.75) is 23.9 Å². The van der Waals surface area contributed by atoms with Gasteiger partial charge in [0.2, 0.25) is 0 Å². The molecule has 0 aromatic rings. The van der Waals surface area contributed by atoms with Crippen molar-refractivity contribution in [2.75, 3.05) is 19.6 Å². The van der Waals surface area contributed by atoms with Gasteiger partial charge in [0.25, 0.3) is 5.54 Å². The molecule has 0 aromatic heterocycles. The lowest BCUT2D eigenvalue weighted by Gasteiger charge is -2.42. The van der Waals surface area contributed by atoms with E-state index in [0.29, 0.717) is 0 Å². The first-order chi connectivity index (χ1) is 9.22. The van der Waals surface area contributed by atoms with Gasteiger partial charge in [-0.1, -0.05) is 17.7 Å². The minimum atomic E-state index is -1.78. The van der Waals surface area contributed by atoms with E-state index < -0.39 is 33.4 Å². The molecule has 1 fully saturated rings. The lowest BCUT2D eigenvalue weighted by molar-refractivity contribution is -0.938. The molecule has 2 aliphatic rings. The molecule has 3 atom stereocenters. The summed E-state index contributed by atoms with van der Waals surface area (Å²) < 4.78 is 0. The number of carbonyl (C=O) groups is 1. The van der Waals surface area contributed by atoms with E-state index in [2.05, 4.69) is 0 Å². The molecule has 110 valence electrons. The molecular weight excluding hydrogens is 294 g/mol. The van der Waals surface area contributed by atoms with E-state index in [-0.39, 0.29) is 35.9 Å². The fourth-order valence-corrected chi connectivity index (χ4v) is 3.42. The molecule has 20 heavy (non-hydrogen) atoms. The van der Waals surface area contributed by atoms with Crippen LogP contribution in [0.2, 0.25) is 0 Å². The molecule has 0 radical (unpaired) electrons. The number of aliphatic carboxylic acids is 1. The van der Waals surface area contributed by atoms with Crippen molar-refractivity contribution in [3.05, 3.63) is 31.3 Å². The van der Waals surface area contributed by atoms with Gasteiger partial charge in [-0.05, 0) is 0 Å². The number of carboxylic acid groups (broad SMARTS) is 1. The minimum absolute atomic E-state index is 0.0367. The minimum Gasteiger partial charge on any atom is -0.544 e. The van der Waals surface area contributed by atoms with Gasteiger partial charge in [0, 0.05) is 16.3 Å². The van der Waals surface area contributed by atoms with Crippen molar-refractivity contribution in [3.63, 3.8) is 0 Å². The average molecular weight is 306 g/mol. The molecular formula is C10H12ClN3O6. The average Bonchev–Trinajstić information content (AvgIpc) is 2.33. The maximum Gasteiger partial charge on any atom is 0.311 e. The number of likely N-dealkylation sites (tertiary alicyclic amines) is 1. The third kappa shape index (κ3) is 2.12. The van der Waals surface area contributed by atoms with Crippen LogP contribution in [0.4, 0.5) is 0 Å². The van der Waals surface area contributed by atoms with Crippen LogP contribution in [0.25, 0.3) is 0 Å². The summed E-state index contributed by atoms with van der Waals surface area (Å²) in [6, 6.07) is 0. The third-order valence-corrected chi connectivity index (χ3v) is 4.49. The number of quaternary nitrogens is 1. The first-order valence-electron chi connectivity index (χ1n) is 5.90. The van der Waals surface area contributed by atoms with E-state index in [1.807, 2.05) is 0 Å². The summed E-state index contributed by atoms with van der Waals surface area (Å²) in [6.07, 6.45) is 0.962. The molecule has 10 heteroatoms. The van der Waals surface area contributed by atoms with E-state index in [9.17, 15) is 30.1 Å². The molecule has 0 aromatic carbocycles. The van der Waals surface area contributed by atoms with Crippen LogP contribution in [0, 0.1) is 20.2 Å². The zero-order chi connectivity index (χ0) is 15.1. The van der Waals surface area contributed by atoms with Crippen molar-refractivity contribution in [2.24, 2.45) is 0 Å². The maximum absolute atomic E-state index is 11.4. The van der Waals surface area contributed by atoms with Crippen LogP contribution in [-0.4, -0.2) is 46.5 Å². The van der Waals surface area contributed by atoms with Crippen molar-refractivity contribution in [3.8, 4) is 0 Å². The number of nitrogens with one attached hydrogen (secondary N) is 1. The van der Waals surface area contributed by atoms with E-state index in [4.69, 9.17) is 11.6 Å². The van der Waals surface area contributed by atoms with Gasteiger partial charge in [-0.25, -0.2) is 0 Å². The van der Waals surface area contributed by atoms with E-state index in [1.165, 1.54) is 6.08 Å². The van der Waals surface area contributed by atoms with Crippen LogP contribution >= 0.6 is 11.6 Å². The molecule has 0 spiro atoms. The smallest absolute Gasteiger partial charge is 0.311 e. The molecule has 2 bridgehead atoms. The second-order valence-corrected chi connectivity index (χ2v) is 5.76. The fourth-order valence-electron chi connectivity index (χ4n) is 3.14. The lowest BCUT2D eigenvalue weighted by Crippen LogP contribution is -3.19. The normalized spacial score (nSPS) is 36.0. The predicted molar refractivity (Wildman–Crippen MR) is 63.2 cm³/mol. The number of rotatable bonds is 4. The molecule has 1 aliphatic carbocycles. The number of hydrogen-bond acceptors (Lipinski definition) is 6. The maximum atomic E-state index is 11.4. The molecule has 0 amide bonds. The molecule has 9 nitrogen and oxygen atoms in total. The zero-order valence-electron chi connectivity index (χ0n) is 10.3. The number of halogens is 1. The highest BCUT2D eigenvalue weighted by molar-refractivity contribution is 6.30. The summed E-state index contributed by atoms with van der Waals surface area (Å²) in [7, 11) is 0. The summed E-state index contributed by atoms with van der Waals surface area (Å²) in [4.78, 5) is 32.4. The van der Waals surface area contributed by atoms with Crippen LogP contribution in [0.15, 0.2) is 11.1 Å². The van der Waals surface area contributed by atoms with Gasteiger partial charge < -0.3 is 14.8 Å². The van der Waals surface area contributed by atoms with Crippen molar-refractivity contribution < 1.29 is 24.6 Å². The Morgan fingerprint density at radius 2 is 2.00 bits per heavy atom. The predicted octanol–water partition coefficient (Wildman–Crippen LogP) is -2.42. The van der Waals surface area contributed by atoms with E-state index >= 15 is 0 Å². The number of piperidine rings is 1. The van der Waals surface area contributed by atoms with Gasteiger partial charge in [-0.15, -0.1) is 0 Å². The first kappa shape index (κ1) is 14.7. The first-order valence-corrected chi connectivity index (χ1v) is 6.28. The Balaban J connectivity index is 2.47. The fraction of sp³-hybridized carbons (Fsp3) is 0.700. The topological polar surface area (TPSA) is 131 Å². The van der Waals surface area contributed by atoms with E-state index in [0.717, 1.165) is 0 Å². The van der Waals surface area contributed by atoms with Gasteiger partial charge >= 0.3 is 5.54 Å². The monoisotopic (exact) mass is 305 g/mol. The van der Waals surface area contributed by atoms with Gasteiger partial charge in [-0.3, -0.25) is 20.2 Å². The summed E-state index contributed by atoms with van der Waals surface area (Å²) >= 11 is 5.92.